The minimum atomic E-state index is 0.308. The third kappa shape index (κ3) is 3.90. The second kappa shape index (κ2) is 7.67. The lowest BCUT2D eigenvalue weighted by atomic mass is 10.1. The molecule has 100 valence electrons. The monoisotopic (exact) mass is 266 g/mol. The van der Waals surface area contributed by atoms with Gasteiger partial charge in [0.25, 0.3) is 0 Å². The molecule has 2 rings (SSSR count). The van der Waals surface area contributed by atoms with Crippen LogP contribution >= 0.6 is 11.8 Å². The van der Waals surface area contributed by atoms with Crippen molar-refractivity contribution in [1.29, 1.82) is 0 Å². The zero-order valence-corrected chi connectivity index (χ0v) is 11.6. The van der Waals surface area contributed by atoms with Crippen LogP contribution in [0.2, 0.25) is 0 Å². The fraction of sp³-hybridized carbons (Fsp3) is 0.571. The van der Waals surface area contributed by atoms with E-state index in [1.165, 1.54) is 16.8 Å². The maximum atomic E-state index is 8.67. The van der Waals surface area contributed by atoms with E-state index in [9.17, 15) is 0 Å². The molecule has 0 amide bonds. The van der Waals surface area contributed by atoms with Crippen LogP contribution in [0.1, 0.15) is 17.5 Å². The van der Waals surface area contributed by atoms with Gasteiger partial charge >= 0.3 is 0 Å². The third-order valence-electron chi connectivity index (χ3n) is 3.12. The van der Waals surface area contributed by atoms with Crippen LogP contribution in [-0.4, -0.2) is 36.3 Å². The van der Waals surface area contributed by atoms with E-state index >= 15 is 0 Å². The minimum absolute atomic E-state index is 0.308. The number of hydrogen-bond acceptors (Lipinski definition) is 4. The predicted molar refractivity (Wildman–Crippen MR) is 79.4 cm³/mol. The van der Waals surface area contributed by atoms with Crippen LogP contribution in [0.3, 0.4) is 0 Å². The molecule has 0 fully saturated rings. The molecule has 0 saturated heterocycles. The smallest absolute Gasteiger partial charge is 0.0438 e. The lowest BCUT2D eigenvalue weighted by molar-refractivity contribution is 0.296. The van der Waals surface area contributed by atoms with E-state index in [2.05, 4.69) is 28.8 Å². The molecule has 0 aliphatic carbocycles. The molecular weight excluding hydrogens is 244 g/mol. The average Bonchev–Trinajstić information content (AvgIpc) is 2.86. The van der Waals surface area contributed by atoms with E-state index in [0.29, 0.717) is 6.61 Å². The van der Waals surface area contributed by atoms with Crippen molar-refractivity contribution >= 4 is 17.4 Å². The Bertz CT molecular complexity index is 371. The van der Waals surface area contributed by atoms with E-state index in [1.807, 2.05) is 11.8 Å². The highest BCUT2D eigenvalue weighted by Crippen LogP contribution is 2.26. The Balaban J connectivity index is 1.66. The maximum absolute atomic E-state index is 8.67. The number of hydrogen-bond donors (Lipinski definition) is 3. The molecule has 0 spiro atoms. The molecule has 1 aliphatic heterocycles. The number of rotatable bonds is 8. The summed E-state index contributed by atoms with van der Waals surface area (Å²) in [6.45, 7) is 3.35. The first-order valence-corrected chi connectivity index (χ1v) is 7.81. The highest BCUT2D eigenvalue weighted by atomic mass is 32.2. The van der Waals surface area contributed by atoms with Crippen molar-refractivity contribution in [2.45, 2.75) is 19.4 Å². The summed E-state index contributed by atoms with van der Waals surface area (Å²) in [5.74, 6) is 2.17. The second-order valence-electron chi connectivity index (χ2n) is 4.49. The first kappa shape index (κ1) is 13.7. The summed E-state index contributed by atoms with van der Waals surface area (Å²) < 4.78 is 0. The van der Waals surface area contributed by atoms with E-state index in [1.54, 1.807) is 0 Å². The maximum Gasteiger partial charge on any atom is 0.0438 e. The highest BCUT2D eigenvalue weighted by molar-refractivity contribution is 7.99. The second-order valence-corrected chi connectivity index (χ2v) is 5.72. The topological polar surface area (TPSA) is 44.3 Å². The Labute approximate surface area is 113 Å². The van der Waals surface area contributed by atoms with Gasteiger partial charge in [0.15, 0.2) is 0 Å². The molecule has 3 nitrogen and oxygen atoms in total. The Morgan fingerprint density at radius 3 is 3.17 bits per heavy atom. The van der Waals surface area contributed by atoms with Crippen molar-refractivity contribution in [1.82, 2.24) is 5.32 Å². The Hall–Kier alpha value is -0.710. The highest BCUT2D eigenvalue weighted by Gasteiger charge is 2.12. The van der Waals surface area contributed by atoms with Gasteiger partial charge in [-0.1, -0.05) is 18.2 Å². The largest absolute Gasteiger partial charge is 0.396 e. The molecule has 4 heteroatoms. The van der Waals surface area contributed by atoms with Gasteiger partial charge in [0.05, 0.1) is 0 Å². The summed E-state index contributed by atoms with van der Waals surface area (Å²) in [4.78, 5) is 0. The minimum Gasteiger partial charge on any atom is -0.396 e. The van der Waals surface area contributed by atoms with E-state index in [4.69, 9.17) is 5.11 Å². The van der Waals surface area contributed by atoms with Gasteiger partial charge in [-0.05, 0) is 29.7 Å². The fourth-order valence-corrected chi connectivity index (χ4v) is 3.02. The van der Waals surface area contributed by atoms with Crippen LogP contribution in [-0.2, 0) is 13.0 Å². The summed E-state index contributed by atoms with van der Waals surface area (Å²) in [5.41, 5.74) is 4.18. The number of fused-ring (bicyclic) bond motifs is 1. The van der Waals surface area contributed by atoms with Crippen molar-refractivity contribution in [3.8, 4) is 0 Å². The first-order chi connectivity index (χ1) is 8.92. The number of aliphatic hydroxyl groups is 1. The van der Waals surface area contributed by atoms with Crippen LogP contribution in [0.4, 0.5) is 5.69 Å². The summed E-state index contributed by atoms with van der Waals surface area (Å²) in [5, 5.41) is 15.6. The molecule has 0 saturated carbocycles. The summed E-state index contributed by atoms with van der Waals surface area (Å²) in [6, 6.07) is 6.56. The van der Waals surface area contributed by atoms with E-state index in [-0.39, 0.29) is 0 Å². The van der Waals surface area contributed by atoms with E-state index in [0.717, 1.165) is 44.0 Å². The molecule has 0 unspecified atom stereocenters. The lowest BCUT2D eigenvalue weighted by Gasteiger charge is -2.10. The van der Waals surface area contributed by atoms with Crippen molar-refractivity contribution < 1.29 is 5.11 Å². The summed E-state index contributed by atoms with van der Waals surface area (Å²) in [7, 11) is 0. The molecule has 0 atom stereocenters. The number of para-hydroxylation sites is 1. The Kier molecular flexibility index (Phi) is 5.84. The lowest BCUT2D eigenvalue weighted by Crippen LogP contribution is -2.17. The molecule has 0 radical (unpaired) electrons. The van der Waals surface area contributed by atoms with Crippen LogP contribution in [0.25, 0.3) is 0 Å². The number of benzene rings is 1. The molecule has 1 aromatic carbocycles. The van der Waals surface area contributed by atoms with Crippen molar-refractivity contribution in [2.24, 2.45) is 0 Å². The molecule has 0 bridgehead atoms. The van der Waals surface area contributed by atoms with Gasteiger partial charge in [-0.25, -0.2) is 0 Å². The molecule has 0 aromatic heterocycles. The van der Waals surface area contributed by atoms with E-state index < -0.39 is 0 Å². The summed E-state index contributed by atoms with van der Waals surface area (Å²) in [6.07, 6.45) is 2.06. The third-order valence-corrected chi connectivity index (χ3v) is 4.19. The fourth-order valence-electron chi connectivity index (χ4n) is 2.19. The van der Waals surface area contributed by atoms with Gasteiger partial charge in [0, 0.05) is 37.7 Å². The Morgan fingerprint density at radius 1 is 1.33 bits per heavy atom. The quantitative estimate of drug-likeness (QED) is 0.629. The van der Waals surface area contributed by atoms with Gasteiger partial charge in [0.1, 0.15) is 0 Å². The van der Waals surface area contributed by atoms with Crippen molar-refractivity contribution in [2.75, 3.05) is 36.5 Å². The van der Waals surface area contributed by atoms with Crippen LogP contribution in [0, 0.1) is 0 Å². The molecule has 18 heavy (non-hydrogen) atoms. The normalized spacial score (nSPS) is 13.4. The van der Waals surface area contributed by atoms with Gasteiger partial charge in [0.2, 0.25) is 0 Å². The van der Waals surface area contributed by atoms with Gasteiger partial charge in [-0.3, -0.25) is 0 Å². The molecule has 1 heterocycles. The molecular formula is C14H22N2OS. The van der Waals surface area contributed by atoms with Crippen LogP contribution in [0.5, 0.6) is 0 Å². The van der Waals surface area contributed by atoms with Crippen molar-refractivity contribution in [3.05, 3.63) is 29.3 Å². The number of anilines is 1. The van der Waals surface area contributed by atoms with Gasteiger partial charge in [-0.2, -0.15) is 11.8 Å². The van der Waals surface area contributed by atoms with Gasteiger partial charge < -0.3 is 15.7 Å². The SMILES string of the molecule is OCCCSCCNCc1cccc2c1NCC2. The summed E-state index contributed by atoms with van der Waals surface area (Å²) >= 11 is 1.90. The average molecular weight is 266 g/mol. The van der Waals surface area contributed by atoms with Gasteiger partial charge in [-0.15, -0.1) is 0 Å². The van der Waals surface area contributed by atoms with Crippen LogP contribution < -0.4 is 10.6 Å². The van der Waals surface area contributed by atoms with Crippen molar-refractivity contribution in [3.63, 3.8) is 0 Å². The standard InChI is InChI=1S/C14H22N2OS/c17-8-2-9-18-10-7-15-11-13-4-1-3-12-5-6-16-14(12)13/h1,3-4,15-17H,2,5-11H2. The zero-order valence-electron chi connectivity index (χ0n) is 10.7. The molecule has 1 aliphatic rings. The number of nitrogens with one attached hydrogen (secondary N) is 2. The number of thioether (sulfide) groups is 1. The first-order valence-electron chi connectivity index (χ1n) is 6.66. The van der Waals surface area contributed by atoms with Crippen LogP contribution in [0.15, 0.2) is 18.2 Å². The predicted octanol–water partition coefficient (Wildman–Crippen LogP) is 1.86. The number of aliphatic hydroxyl groups excluding tert-OH is 1. The Morgan fingerprint density at radius 2 is 2.28 bits per heavy atom. The molecule has 3 N–H and O–H groups in total. The molecule has 1 aromatic rings. The zero-order chi connectivity index (χ0) is 12.6.